The molecule has 1 aromatic carbocycles. The molecule has 1 fully saturated rings. The van der Waals surface area contributed by atoms with E-state index in [1.54, 1.807) is 24.3 Å². The van der Waals surface area contributed by atoms with E-state index in [4.69, 9.17) is 11.6 Å². The van der Waals surface area contributed by atoms with Crippen molar-refractivity contribution in [2.45, 2.75) is 31.2 Å². The van der Waals surface area contributed by atoms with E-state index in [0.29, 0.717) is 27.9 Å². The van der Waals surface area contributed by atoms with Crippen LogP contribution in [0.15, 0.2) is 36.4 Å². The van der Waals surface area contributed by atoms with Crippen molar-refractivity contribution in [1.29, 1.82) is 0 Å². The van der Waals surface area contributed by atoms with E-state index in [1.165, 1.54) is 11.0 Å². The average molecular weight is 455 g/mol. The maximum absolute atomic E-state index is 13.7. The van der Waals surface area contributed by atoms with Gasteiger partial charge in [-0.15, -0.1) is 0 Å². The van der Waals surface area contributed by atoms with Crippen LogP contribution in [0, 0.1) is 0 Å². The Labute approximate surface area is 179 Å². The molecule has 11 heteroatoms. The third-order valence-corrected chi connectivity index (χ3v) is 5.40. The fourth-order valence-corrected chi connectivity index (χ4v) is 3.64. The fourth-order valence-electron chi connectivity index (χ4n) is 3.52. The minimum absolute atomic E-state index is 0.0590. The Kier molecular flexibility index (Phi) is 5.63. The summed E-state index contributed by atoms with van der Waals surface area (Å²) in [5.74, 6) is -0.639. The molecular formula is C20H18ClF3N4O3. The van der Waals surface area contributed by atoms with E-state index in [1.807, 2.05) is 0 Å². The van der Waals surface area contributed by atoms with Gasteiger partial charge in [-0.1, -0.05) is 23.7 Å². The Morgan fingerprint density at radius 3 is 2.52 bits per heavy atom. The number of amides is 1. The first-order valence-electron chi connectivity index (χ1n) is 9.53. The Hall–Kier alpha value is -2.69. The van der Waals surface area contributed by atoms with Gasteiger partial charge < -0.3 is 15.1 Å². The predicted molar refractivity (Wildman–Crippen MR) is 106 cm³/mol. The quantitative estimate of drug-likeness (QED) is 0.621. The average Bonchev–Trinajstić information content (AvgIpc) is 3.07. The number of β-amino-alcohol motifs (C(OH)–C–C–N with tert-alkyl or cyclic N) is 1. The number of fused-ring (bicyclic) bond motifs is 1. The third-order valence-electron chi connectivity index (χ3n) is 5.14. The van der Waals surface area contributed by atoms with Gasteiger partial charge >= 0.3 is 6.18 Å². The fraction of sp³-hybridized carbons (Fsp3) is 0.350. The minimum atomic E-state index is -4.74. The molecule has 2 N–H and O–H groups in total. The van der Waals surface area contributed by atoms with Crippen molar-refractivity contribution < 1.29 is 28.2 Å². The molecule has 1 aliphatic heterocycles. The summed E-state index contributed by atoms with van der Waals surface area (Å²) in [6, 6.07) is 8.23. The second kappa shape index (κ2) is 8.10. The van der Waals surface area contributed by atoms with Crippen LogP contribution in [0.5, 0.6) is 0 Å². The van der Waals surface area contributed by atoms with Crippen LogP contribution in [0.3, 0.4) is 0 Å². The molecule has 0 saturated carbocycles. The number of alkyl halides is 3. The first-order chi connectivity index (χ1) is 14.6. The van der Waals surface area contributed by atoms with Gasteiger partial charge in [-0.3, -0.25) is 4.79 Å². The maximum atomic E-state index is 13.7. The number of halogens is 4. The van der Waals surface area contributed by atoms with Gasteiger partial charge in [0.05, 0.1) is 17.9 Å². The van der Waals surface area contributed by atoms with Crippen LogP contribution in [0.1, 0.15) is 29.0 Å². The first-order valence-corrected chi connectivity index (χ1v) is 9.90. The van der Waals surface area contributed by atoms with E-state index >= 15 is 0 Å². The smallest absolute Gasteiger partial charge is 0.390 e. The molecule has 31 heavy (non-hydrogen) atoms. The van der Waals surface area contributed by atoms with E-state index in [9.17, 15) is 28.2 Å². The first kappa shape index (κ1) is 21.5. The zero-order valence-electron chi connectivity index (χ0n) is 16.1. The van der Waals surface area contributed by atoms with Crippen molar-refractivity contribution >= 4 is 23.2 Å². The Balaban J connectivity index is 1.77. The zero-order chi connectivity index (χ0) is 22.3. The van der Waals surface area contributed by atoms with Gasteiger partial charge in [-0.2, -0.15) is 18.3 Å². The molecule has 2 aromatic heterocycles. The van der Waals surface area contributed by atoms with E-state index in [-0.39, 0.29) is 30.1 Å². The van der Waals surface area contributed by atoms with Crippen LogP contribution in [0.25, 0.3) is 16.9 Å². The predicted octanol–water partition coefficient (Wildman–Crippen LogP) is 3.03. The number of aromatic nitrogens is 3. The highest BCUT2D eigenvalue weighted by atomic mass is 35.5. The number of rotatable bonds is 2. The third kappa shape index (κ3) is 4.36. The van der Waals surface area contributed by atoms with Crippen molar-refractivity contribution in [3.05, 3.63) is 52.8 Å². The number of nitrogens with zero attached hydrogens (tertiary/aromatic N) is 4. The molecule has 3 heterocycles. The van der Waals surface area contributed by atoms with Crippen LogP contribution in [0.4, 0.5) is 13.2 Å². The standard InChI is InChI=1S/C20H18ClF3N4O3/c21-12-5-3-11(4-6-12)13-8-17(20(22,23)24)28-18(25-13)9-14(26-28)19(31)27-7-1-2-15(29)16(30)10-27/h3-6,8-9,15-16,29-30H,1-2,7,10H2/t15-,16+/m0/s1. The van der Waals surface area contributed by atoms with Crippen LogP contribution >= 0.6 is 11.6 Å². The summed E-state index contributed by atoms with van der Waals surface area (Å²) in [6.45, 7) is 0.111. The lowest BCUT2D eigenvalue weighted by atomic mass is 10.1. The van der Waals surface area contributed by atoms with Gasteiger partial charge in [-0.05, 0) is 31.0 Å². The summed E-state index contributed by atoms with van der Waals surface area (Å²) >= 11 is 5.85. The SMILES string of the molecule is O=C(c1cc2nc(-c3ccc(Cl)cc3)cc(C(F)(F)F)n2n1)N1CCC[C@H](O)[C@H](O)C1. The summed E-state index contributed by atoms with van der Waals surface area (Å²) in [5.41, 5.74) is -0.957. The molecular weight excluding hydrogens is 437 g/mol. The second-order valence-corrected chi connectivity index (χ2v) is 7.80. The number of likely N-dealkylation sites (tertiary alicyclic amines) is 1. The number of hydrogen-bond acceptors (Lipinski definition) is 5. The van der Waals surface area contributed by atoms with Gasteiger partial charge in [0.15, 0.2) is 17.0 Å². The molecule has 0 aliphatic carbocycles. The molecule has 2 atom stereocenters. The largest absolute Gasteiger partial charge is 0.433 e. The minimum Gasteiger partial charge on any atom is -0.390 e. The molecule has 7 nitrogen and oxygen atoms in total. The lowest BCUT2D eigenvalue weighted by Gasteiger charge is -2.22. The van der Waals surface area contributed by atoms with Crippen molar-refractivity contribution in [1.82, 2.24) is 19.5 Å². The lowest BCUT2D eigenvalue weighted by molar-refractivity contribution is -0.142. The van der Waals surface area contributed by atoms with Gasteiger partial charge in [0, 0.05) is 29.7 Å². The Morgan fingerprint density at radius 1 is 1.13 bits per heavy atom. The van der Waals surface area contributed by atoms with Crippen LogP contribution < -0.4 is 0 Å². The molecule has 4 rings (SSSR count). The Bertz CT molecular complexity index is 1120. The van der Waals surface area contributed by atoms with Gasteiger partial charge in [0.2, 0.25) is 0 Å². The van der Waals surface area contributed by atoms with E-state index in [2.05, 4.69) is 10.1 Å². The number of carbonyl (C=O) groups excluding carboxylic acids is 1. The normalized spacial score (nSPS) is 20.1. The van der Waals surface area contributed by atoms with Crippen molar-refractivity contribution in [2.75, 3.05) is 13.1 Å². The molecule has 0 unspecified atom stereocenters. The van der Waals surface area contributed by atoms with E-state index in [0.717, 1.165) is 6.07 Å². The summed E-state index contributed by atoms with van der Waals surface area (Å²) in [6.07, 6.45) is -6.06. The highest BCUT2D eigenvalue weighted by molar-refractivity contribution is 6.30. The van der Waals surface area contributed by atoms with Gasteiger partial charge in [0.25, 0.3) is 5.91 Å². The molecule has 3 aromatic rings. The summed E-state index contributed by atoms with van der Waals surface area (Å²) in [7, 11) is 0. The number of hydrogen-bond donors (Lipinski definition) is 2. The monoisotopic (exact) mass is 454 g/mol. The highest BCUT2D eigenvalue weighted by Crippen LogP contribution is 2.32. The van der Waals surface area contributed by atoms with E-state index < -0.39 is 30.0 Å². The number of benzene rings is 1. The Morgan fingerprint density at radius 2 is 1.84 bits per heavy atom. The van der Waals surface area contributed by atoms with Crippen LogP contribution in [0.2, 0.25) is 5.02 Å². The molecule has 0 radical (unpaired) electrons. The molecule has 1 aliphatic rings. The summed E-state index contributed by atoms with van der Waals surface area (Å²) in [5, 5.41) is 24.0. The maximum Gasteiger partial charge on any atom is 0.433 e. The zero-order valence-corrected chi connectivity index (χ0v) is 16.8. The summed E-state index contributed by atoms with van der Waals surface area (Å²) < 4.78 is 41.8. The molecule has 0 bridgehead atoms. The number of carbonyl (C=O) groups is 1. The topological polar surface area (TPSA) is 91.0 Å². The number of aliphatic hydroxyl groups is 2. The molecule has 1 saturated heterocycles. The molecule has 1 amide bonds. The van der Waals surface area contributed by atoms with Gasteiger partial charge in [0.1, 0.15) is 0 Å². The van der Waals surface area contributed by atoms with Crippen molar-refractivity contribution in [3.63, 3.8) is 0 Å². The molecule has 0 spiro atoms. The van der Waals surface area contributed by atoms with Crippen molar-refractivity contribution in [3.8, 4) is 11.3 Å². The van der Waals surface area contributed by atoms with Crippen LogP contribution in [-0.4, -0.2) is 60.9 Å². The molecule has 164 valence electrons. The van der Waals surface area contributed by atoms with Crippen molar-refractivity contribution in [2.24, 2.45) is 0 Å². The summed E-state index contributed by atoms with van der Waals surface area (Å²) in [4.78, 5) is 18.4. The van der Waals surface area contributed by atoms with Gasteiger partial charge in [-0.25, -0.2) is 9.50 Å². The number of aliphatic hydroxyl groups excluding tert-OH is 2. The second-order valence-electron chi connectivity index (χ2n) is 7.36. The van der Waals surface area contributed by atoms with Crippen LogP contribution in [-0.2, 0) is 6.18 Å². The highest BCUT2D eigenvalue weighted by Gasteiger charge is 2.36. The lowest BCUT2D eigenvalue weighted by Crippen LogP contribution is -2.39.